The molecule has 2 N–H and O–H groups in total. The number of nitrogens with zero attached hydrogens (tertiary/aromatic N) is 1. The van der Waals surface area contributed by atoms with Crippen molar-refractivity contribution in [1.29, 1.82) is 0 Å². The maximum absolute atomic E-state index is 13.7. The molecule has 0 unspecified atom stereocenters. The first kappa shape index (κ1) is 13.2. The molecule has 0 fully saturated rings. The fourth-order valence-corrected chi connectivity index (χ4v) is 2.28. The van der Waals surface area contributed by atoms with Crippen molar-refractivity contribution >= 4 is 50.3 Å². The number of phenolic OH excluding ortho intramolecular Hbond substituents is 1. The van der Waals surface area contributed by atoms with E-state index in [1.165, 1.54) is 12.1 Å². The lowest BCUT2D eigenvalue weighted by atomic mass is 10.3. The molecule has 20 heavy (non-hydrogen) atoms. The minimum absolute atomic E-state index is 0.0683. The third-order valence-corrected chi connectivity index (χ3v) is 3.32. The topological polar surface area (TPSA) is 58.3 Å². The Bertz CT molecular complexity index is 806. The number of hydrogen-bond donors (Lipinski definition) is 2. The van der Waals surface area contributed by atoms with Gasteiger partial charge in [0.15, 0.2) is 11.3 Å². The first-order valence-electron chi connectivity index (χ1n) is 5.54. The van der Waals surface area contributed by atoms with Crippen molar-refractivity contribution in [2.45, 2.75) is 0 Å². The fraction of sp³-hybridized carbons (Fsp3) is 0. The number of oxazole rings is 1. The molecule has 0 aliphatic heterocycles. The van der Waals surface area contributed by atoms with E-state index >= 15 is 0 Å². The van der Waals surface area contributed by atoms with E-state index in [2.05, 4.69) is 26.2 Å². The summed E-state index contributed by atoms with van der Waals surface area (Å²) in [7, 11) is 0. The van der Waals surface area contributed by atoms with E-state index in [-0.39, 0.29) is 23.0 Å². The number of fused-ring (bicyclic) bond motifs is 1. The average molecular weight is 358 g/mol. The van der Waals surface area contributed by atoms with Crippen LogP contribution in [0.1, 0.15) is 0 Å². The number of benzene rings is 2. The van der Waals surface area contributed by atoms with Gasteiger partial charge in [-0.2, -0.15) is 4.98 Å². The van der Waals surface area contributed by atoms with Gasteiger partial charge in [0, 0.05) is 15.6 Å². The molecule has 102 valence electrons. The summed E-state index contributed by atoms with van der Waals surface area (Å²) in [6.45, 7) is 0. The van der Waals surface area contributed by atoms with Gasteiger partial charge < -0.3 is 14.8 Å². The molecule has 1 heterocycles. The van der Waals surface area contributed by atoms with Crippen molar-refractivity contribution in [2.24, 2.45) is 0 Å². The Morgan fingerprint density at radius 3 is 2.85 bits per heavy atom. The number of rotatable bonds is 2. The monoisotopic (exact) mass is 356 g/mol. The normalized spacial score (nSPS) is 10.9. The van der Waals surface area contributed by atoms with Gasteiger partial charge >= 0.3 is 0 Å². The number of aromatic hydroxyl groups is 1. The SMILES string of the molecule is Oc1cc(Cl)cc2nc(Nc3ccc(Br)cc3F)oc12. The van der Waals surface area contributed by atoms with Gasteiger partial charge in [-0.15, -0.1) is 0 Å². The second-order valence-electron chi connectivity index (χ2n) is 4.04. The second kappa shape index (κ2) is 4.96. The summed E-state index contributed by atoms with van der Waals surface area (Å²) < 4.78 is 19.7. The smallest absolute Gasteiger partial charge is 0.300 e. The van der Waals surface area contributed by atoms with E-state index in [4.69, 9.17) is 16.0 Å². The Labute approximate surface area is 126 Å². The third kappa shape index (κ3) is 2.44. The zero-order valence-electron chi connectivity index (χ0n) is 9.82. The van der Waals surface area contributed by atoms with E-state index in [9.17, 15) is 9.50 Å². The third-order valence-electron chi connectivity index (χ3n) is 2.61. The lowest BCUT2D eigenvalue weighted by Crippen LogP contribution is -1.93. The maximum atomic E-state index is 13.7. The van der Waals surface area contributed by atoms with Crippen molar-refractivity contribution < 1.29 is 13.9 Å². The van der Waals surface area contributed by atoms with Crippen LogP contribution in [0.5, 0.6) is 5.75 Å². The maximum Gasteiger partial charge on any atom is 0.300 e. The first-order valence-corrected chi connectivity index (χ1v) is 6.71. The van der Waals surface area contributed by atoms with Crippen LogP contribution in [0.4, 0.5) is 16.1 Å². The summed E-state index contributed by atoms with van der Waals surface area (Å²) in [6, 6.07) is 7.50. The highest BCUT2D eigenvalue weighted by molar-refractivity contribution is 9.10. The molecule has 7 heteroatoms. The number of phenols is 1. The quantitative estimate of drug-likeness (QED) is 0.689. The molecule has 0 aliphatic rings. The van der Waals surface area contributed by atoms with Gasteiger partial charge in [-0.1, -0.05) is 27.5 Å². The molecule has 3 rings (SSSR count). The van der Waals surface area contributed by atoms with Crippen LogP contribution in [0.3, 0.4) is 0 Å². The van der Waals surface area contributed by atoms with E-state index in [0.717, 1.165) is 0 Å². The zero-order chi connectivity index (χ0) is 14.3. The van der Waals surface area contributed by atoms with Crippen molar-refractivity contribution in [3.8, 4) is 5.75 Å². The highest BCUT2D eigenvalue weighted by atomic mass is 79.9. The van der Waals surface area contributed by atoms with Crippen LogP contribution in [-0.2, 0) is 0 Å². The van der Waals surface area contributed by atoms with Gasteiger partial charge in [0.05, 0.1) is 5.69 Å². The minimum Gasteiger partial charge on any atom is -0.504 e. The predicted octanol–water partition coefficient (Wildman–Crippen LogP) is 4.83. The van der Waals surface area contributed by atoms with Crippen LogP contribution < -0.4 is 5.32 Å². The Balaban J connectivity index is 2.01. The Hall–Kier alpha value is -1.79. The molecule has 2 aromatic carbocycles. The van der Waals surface area contributed by atoms with Crippen molar-refractivity contribution in [2.75, 3.05) is 5.32 Å². The van der Waals surface area contributed by atoms with Crippen LogP contribution in [0.25, 0.3) is 11.1 Å². The van der Waals surface area contributed by atoms with E-state index in [1.807, 2.05) is 0 Å². The largest absolute Gasteiger partial charge is 0.504 e. The van der Waals surface area contributed by atoms with Gasteiger partial charge in [0.2, 0.25) is 0 Å². The van der Waals surface area contributed by atoms with Gasteiger partial charge in [-0.3, -0.25) is 0 Å². The molecule has 1 aromatic heterocycles. The lowest BCUT2D eigenvalue weighted by Gasteiger charge is -2.03. The average Bonchev–Trinajstić information content (AvgIpc) is 2.75. The minimum atomic E-state index is -0.455. The molecule has 0 spiro atoms. The van der Waals surface area contributed by atoms with Crippen LogP contribution in [-0.4, -0.2) is 10.1 Å². The summed E-state index contributed by atoms with van der Waals surface area (Å²) in [5, 5.41) is 12.7. The number of nitrogens with one attached hydrogen (secondary N) is 1. The Kier molecular flexibility index (Phi) is 3.27. The molecule has 0 atom stereocenters. The molecule has 0 amide bonds. The summed E-state index contributed by atoms with van der Waals surface area (Å²) in [5.74, 6) is -0.576. The number of halogens is 3. The molecular weight excluding hydrogens is 351 g/mol. The summed E-state index contributed by atoms with van der Waals surface area (Å²) in [4.78, 5) is 4.09. The van der Waals surface area contributed by atoms with Gasteiger partial charge in [-0.05, 0) is 24.3 Å². The second-order valence-corrected chi connectivity index (χ2v) is 5.39. The molecule has 0 saturated heterocycles. The standard InChI is InChI=1S/C13H7BrClFN2O2/c14-6-1-2-9(8(16)3-6)17-13-18-10-4-7(15)5-11(19)12(10)20-13/h1-5,19H,(H,17,18). The van der Waals surface area contributed by atoms with Crippen molar-refractivity contribution in [1.82, 2.24) is 4.98 Å². The number of aromatic nitrogens is 1. The van der Waals surface area contributed by atoms with Crippen LogP contribution >= 0.6 is 27.5 Å². The molecule has 0 saturated carbocycles. The van der Waals surface area contributed by atoms with Gasteiger partial charge in [0.25, 0.3) is 6.01 Å². The van der Waals surface area contributed by atoms with E-state index in [1.54, 1.807) is 18.2 Å². The Morgan fingerprint density at radius 1 is 1.30 bits per heavy atom. The van der Waals surface area contributed by atoms with Crippen LogP contribution in [0.15, 0.2) is 39.2 Å². The summed E-state index contributed by atoms with van der Waals surface area (Å²) in [6.07, 6.45) is 0. The number of anilines is 2. The van der Waals surface area contributed by atoms with Crippen LogP contribution in [0.2, 0.25) is 5.02 Å². The fourth-order valence-electron chi connectivity index (χ4n) is 1.74. The zero-order valence-corrected chi connectivity index (χ0v) is 12.2. The molecular formula is C13H7BrClFN2O2. The molecule has 4 nitrogen and oxygen atoms in total. The molecule has 0 radical (unpaired) electrons. The lowest BCUT2D eigenvalue weighted by molar-refractivity contribution is 0.466. The predicted molar refractivity (Wildman–Crippen MR) is 78.1 cm³/mol. The molecule has 0 aliphatic carbocycles. The number of hydrogen-bond acceptors (Lipinski definition) is 4. The van der Waals surface area contributed by atoms with Crippen molar-refractivity contribution in [3.05, 3.63) is 45.6 Å². The first-order chi connectivity index (χ1) is 9.52. The highest BCUT2D eigenvalue weighted by Gasteiger charge is 2.12. The summed E-state index contributed by atoms with van der Waals surface area (Å²) >= 11 is 8.98. The highest BCUT2D eigenvalue weighted by Crippen LogP contribution is 2.32. The Morgan fingerprint density at radius 2 is 2.10 bits per heavy atom. The van der Waals surface area contributed by atoms with Crippen LogP contribution in [0, 0.1) is 5.82 Å². The summed E-state index contributed by atoms with van der Waals surface area (Å²) in [5.41, 5.74) is 0.787. The molecule has 0 bridgehead atoms. The van der Waals surface area contributed by atoms with Gasteiger partial charge in [-0.25, -0.2) is 4.39 Å². The van der Waals surface area contributed by atoms with Gasteiger partial charge in [0.1, 0.15) is 11.3 Å². The van der Waals surface area contributed by atoms with E-state index in [0.29, 0.717) is 15.0 Å². The van der Waals surface area contributed by atoms with E-state index < -0.39 is 5.82 Å². The molecule has 3 aromatic rings. The van der Waals surface area contributed by atoms with Crippen molar-refractivity contribution in [3.63, 3.8) is 0 Å².